The Kier molecular flexibility index (Phi) is 6.42. The lowest BCUT2D eigenvalue weighted by atomic mass is 10.0. The van der Waals surface area contributed by atoms with E-state index in [2.05, 4.69) is 104 Å². The van der Waals surface area contributed by atoms with Crippen LogP contribution in [0.3, 0.4) is 0 Å². The van der Waals surface area contributed by atoms with Gasteiger partial charge in [-0.05, 0) is 78.1 Å². The van der Waals surface area contributed by atoms with E-state index in [1.807, 2.05) is 0 Å². The molecule has 0 bridgehead atoms. The summed E-state index contributed by atoms with van der Waals surface area (Å²) in [5, 5.41) is 8.99. The van der Waals surface area contributed by atoms with Gasteiger partial charge >= 0.3 is 0 Å². The third-order valence-electron chi connectivity index (χ3n) is 8.26. The zero-order chi connectivity index (χ0) is 25.5. The first-order chi connectivity index (χ1) is 18.0. The Hall–Kier alpha value is -3.30. The molecule has 2 aliphatic rings. The van der Waals surface area contributed by atoms with E-state index in [1.165, 1.54) is 18.5 Å². The number of aromatic nitrogens is 5. The number of fused-ring (bicyclic) bond motifs is 3. The molecule has 0 amide bonds. The molecule has 0 atom stereocenters. The van der Waals surface area contributed by atoms with Crippen molar-refractivity contribution in [2.45, 2.75) is 37.8 Å². The van der Waals surface area contributed by atoms with Crippen LogP contribution in [0.1, 0.15) is 25.7 Å². The average Bonchev–Trinajstić information content (AvgIpc) is 3.38. The summed E-state index contributed by atoms with van der Waals surface area (Å²) in [7, 11) is 8.70. The summed E-state index contributed by atoms with van der Waals surface area (Å²) in [6.45, 7) is 4.12. The van der Waals surface area contributed by atoms with Gasteiger partial charge in [-0.3, -0.25) is 0 Å². The second-order valence-corrected chi connectivity index (χ2v) is 10.9. The standard InChI is InChI=1S/C28H37N9/c1-33(2)21-11-15-35(16-12-21)23-7-5-20(6-8-23)24-9-10-25-27(30-24)37-26(19-29-25)31-32-28(37)36-17-13-22(14-18-36)34(3)4/h5-10,19,21-22H,11-18H2,1-4H3. The van der Waals surface area contributed by atoms with Gasteiger partial charge < -0.3 is 19.6 Å². The molecule has 0 radical (unpaired) electrons. The molecule has 4 aromatic rings. The molecule has 9 nitrogen and oxygen atoms in total. The molecule has 6 rings (SSSR count). The van der Waals surface area contributed by atoms with E-state index >= 15 is 0 Å². The second kappa shape index (κ2) is 9.87. The average molecular weight is 500 g/mol. The Morgan fingerprint density at radius 2 is 1.35 bits per heavy atom. The molecular weight excluding hydrogens is 462 g/mol. The zero-order valence-electron chi connectivity index (χ0n) is 22.4. The number of benzene rings is 1. The summed E-state index contributed by atoms with van der Waals surface area (Å²) in [6, 6.07) is 14.3. The van der Waals surface area contributed by atoms with Gasteiger partial charge in [0, 0.05) is 49.5 Å². The highest BCUT2D eigenvalue weighted by atomic mass is 15.4. The third kappa shape index (κ3) is 4.62. The van der Waals surface area contributed by atoms with Crippen LogP contribution < -0.4 is 9.80 Å². The normalized spacial score (nSPS) is 18.1. The van der Waals surface area contributed by atoms with Gasteiger partial charge in [0.15, 0.2) is 11.3 Å². The number of hydrogen-bond acceptors (Lipinski definition) is 8. The fourth-order valence-corrected chi connectivity index (χ4v) is 5.84. The lowest BCUT2D eigenvalue weighted by Gasteiger charge is -2.36. The number of nitrogens with zero attached hydrogens (tertiary/aromatic N) is 9. The van der Waals surface area contributed by atoms with Gasteiger partial charge in [-0.1, -0.05) is 12.1 Å². The van der Waals surface area contributed by atoms with E-state index in [0.29, 0.717) is 12.1 Å². The van der Waals surface area contributed by atoms with E-state index in [1.54, 1.807) is 6.20 Å². The van der Waals surface area contributed by atoms with Crippen LogP contribution in [0.25, 0.3) is 28.1 Å². The van der Waals surface area contributed by atoms with Crippen molar-refractivity contribution >= 4 is 28.4 Å². The van der Waals surface area contributed by atoms with Gasteiger partial charge in [-0.25, -0.2) is 14.4 Å². The molecule has 3 aromatic heterocycles. The Morgan fingerprint density at radius 1 is 0.730 bits per heavy atom. The zero-order valence-corrected chi connectivity index (χ0v) is 22.4. The molecule has 2 saturated heterocycles. The Morgan fingerprint density at radius 3 is 1.97 bits per heavy atom. The van der Waals surface area contributed by atoms with Crippen LogP contribution in [-0.2, 0) is 0 Å². The molecule has 194 valence electrons. The summed E-state index contributed by atoms with van der Waals surface area (Å²) in [5.41, 5.74) is 5.71. The molecule has 2 fully saturated rings. The predicted molar refractivity (Wildman–Crippen MR) is 149 cm³/mol. The highest BCUT2D eigenvalue weighted by Crippen LogP contribution is 2.28. The Bertz CT molecular complexity index is 1360. The molecule has 2 aliphatic heterocycles. The minimum absolute atomic E-state index is 0.612. The van der Waals surface area contributed by atoms with Crippen molar-refractivity contribution in [3.05, 3.63) is 42.6 Å². The van der Waals surface area contributed by atoms with Gasteiger partial charge in [-0.15, -0.1) is 10.2 Å². The van der Waals surface area contributed by atoms with Crippen molar-refractivity contribution in [3.8, 4) is 11.3 Å². The smallest absolute Gasteiger partial charge is 0.233 e. The molecule has 37 heavy (non-hydrogen) atoms. The van der Waals surface area contributed by atoms with Gasteiger partial charge in [0.2, 0.25) is 5.95 Å². The number of anilines is 2. The highest BCUT2D eigenvalue weighted by Gasteiger charge is 2.25. The lowest BCUT2D eigenvalue weighted by Crippen LogP contribution is -2.42. The SMILES string of the molecule is CN(C)C1CCN(c2ccc(-c3ccc4ncc5nnc(N6CCC(N(C)C)CC6)n5c4n3)cc2)CC1. The molecule has 5 heterocycles. The number of pyridine rings is 1. The number of piperidine rings is 2. The van der Waals surface area contributed by atoms with Crippen LogP contribution in [0, 0.1) is 0 Å². The first kappa shape index (κ1) is 24.1. The van der Waals surface area contributed by atoms with Crippen LogP contribution in [0.5, 0.6) is 0 Å². The summed E-state index contributed by atoms with van der Waals surface area (Å²) >= 11 is 0. The van der Waals surface area contributed by atoms with Gasteiger partial charge in [0.05, 0.1) is 11.9 Å². The maximum Gasteiger partial charge on any atom is 0.233 e. The molecule has 0 saturated carbocycles. The topological polar surface area (TPSA) is 68.9 Å². The van der Waals surface area contributed by atoms with Crippen molar-refractivity contribution in [3.63, 3.8) is 0 Å². The first-order valence-electron chi connectivity index (χ1n) is 13.4. The summed E-state index contributed by atoms with van der Waals surface area (Å²) in [5.74, 6) is 0.862. The molecule has 9 heteroatoms. The van der Waals surface area contributed by atoms with Crippen LogP contribution in [0.4, 0.5) is 11.6 Å². The van der Waals surface area contributed by atoms with Crippen LogP contribution >= 0.6 is 0 Å². The van der Waals surface area contributed by atoms with E-state index in [0.717, 1.165) is 73.0 Å². The largest absolute Gasteiger partial charge is 0.371 e. The van der Waals surface area contributed by atoms with E-state index in [-0.39, 0.29) is 0 Å². The number of hydrogen-bond donors (Lipinski definition) is 0. The monoisotopic (exact) mass is 499 g/mol. The summed E-state index contributed by atoms with van der Waals surface area (Å²) in [6.07, 6.45) is 6.43. The van der Waals surface area contributed by atoms with Gasteiger partial charge in [0.1, 0.15) is 5.52 Å². The second-order valence-electron chi connectivity index (χ2n) is 10.9. The minimum atomic E-state index is 0.612. The third-order valence-corrected chi connectivity index (χ3v) is 8.26. The maximum absolute atomic E-state index is 5.08. The first-order valence-corrected chi connectivity index (χ1v) is 13.4. The van der Waals surface area contributed by atoms with Crippen molar-refractivity contribution in [1.82, 2.24) is 34.4 Å². The van der Waals surface area contributed by atoms with Crippen molar-refractivity contribution in [2.24, 2.45) is 0 Å². The van der Waals surface area contributed by atoms with Gasteiger partial charge in [0.25, 0.3) is 0 Å². The fraction of sp³-hybridized carbons (Fsp3) is 0.500. The maximum atomic E-state index is 5.08. The lowest BCUT2D eigenvalue weighted by molar-refractivity contribution is 0.249. The Balaban J connectivity index is 1.28. The Labute approximate surface area is 218 Å². The fourth-order valence-electron chi connectivity index (χ4n) is 5.84. The molecule has 0 unspecified atom stereocenters. The van der Waals surface area contributed by atoms with E-state index in [9.17, 15) is 0 Å². The molecular formula is C28H37N9. The van der Waals surface area contributed by atoms with Crippen molar-refractivity contribution in [2.75, 3.05) is 64.2 Å². The quantitative estimate of drug-likeness (QED) is 0.414. The molecule has 0 spiro atoms. The number of rotatable bonds is 5. The van der Waals surface area contributed by atoms with Crippen molar-refractivity contribution in [1.29, 1.82) is 0 Å². The van der Waals surface area contributed by atoms with Crippen molar-refractivity contribution < 1.29 is 0 Å². The molecule has 0 aliphatic carbocycles. The van der Waals surface area contributed by atoms with Crippen LogP contribution in [0.15, 0.2) is 42.6 Å². The molecule has 0 N–H and O–H groups in total. The predicted octanol–water partition coefficient (Wildman–Crippen LogP) is 3.40. The molecule has 1 aromatic carbocycles. The van der Waals surface area contributed by atoms with Crippen LogP contribution in [-0.4, -0.2) is 101 Å². The summed E-state index contributed by atoms with van der Waals surface area (Å²) in [4.78, 5) is 19.2. The van der Waals surface area contributed by atoms with Crippen LogP contribution in [0.2, 0.25) is 0 Å². The highest BCUT2D eigenvalue weighted by molar-refractivity contribution is 5.79. The van der Waals surface area contributed by atoms with E-state index < -0.39 is 0 Å². The van der Waals surface area contributed by atoms with Gasteiger partial charge in [-0.2, -0.15) is 0 Å². The van der Waals surface area contributed by atoms with E-state index in [4.69, 9.17) is 4.98 Å². The summed E-state index contributed by atoms with van der Waals surface area (Å²) < 4.78 is 2.07. The minimum Gasteiger partial charge on any atom is -0.371 e.